The van der Waals surface area contributed by atoms with Crippen molar-refractivity contribution in [1.29, 1.82) is 0 Å². The summed E-state index contributed by atoms with van der Waals surface area (Å²) in [6.45, 7) is 0. The molecule has 6 heterocycles. The van der Waals surface area contributed by atoms with Crippen LogP contribution in [-0.2, 0) is 0 Å². The highest BCUT2D eigenvalue weighted by Gasteiger charge is 2.26. The van der Waals surface area contributed by atoms with Crippen molar-refractivity contribution < 1.29 is 0 Å². The van der Waals surface area contributed by atoms with Gasteiger partial charge in [-0.3, -0.25) is 9.13 Å². The number of aromatic nitrogens is 10. The highest BCUT2D eigenvalue weighted by molar-refractivity contribution is 6.30. The summed E-state index contributed by atoms with van der Waals surface area (Å²) in [6.07, 6.45) is 0. The molecular weight excluding hydrogens is 1250 g/mol. The van der Waals surface area contributed by atoms with Crippen LogP contribution in [0.5, 0.6) is 0 Å². The van der Waals surface area contributed by atoms with E-state index in [-0.39, 0.29) is 0 Å². The summed E-state index contributed by atoms with van der Waals surface area (Å²) in [5.41, 5.74) is 18.7. The fourth-order valence-corrected chi connectivity index (χ4v) is 15.9. The van der Waals surface area contributed by atoms with Crippen LogP contribution in [0.25, 0.3) is 200 Å². The van der Waals surface area contributed by atoms with Gasteiger partial charge in [-0.05, 0) is 123 Å². The summed E-state index contributed by atoms with van der Waals surface area (Å²) >= 11 is 0. The Hall–Kier alpha value is -14.0. The topological polar surface area (TPSA) is 97.1 Å². The van der Waals surface area contributed by atoms with Gasteiger partial charge < -0.3 is 9.13 Å². The van der Waals surface area contributed by atoms with E-state index in [2.05, 4.69) is 340 Å². The fourth-order valence-electron chi connectivity index (χ4n) is 15.9. The molecule has 0 fully saturated rings. The van der Waals surface area contributed by atoms with Crippen molar-refractivity contribution in [3.63, 3.8) is 0 Å². The maximum Gasteiger partial charge on any atom is 0.238 e. The molecule has 0 aliphatic rings. The molecule has 0 radical (unpaired) electrons. The molecule has 0 aliphatic carbocycles. The molecule has 0 amide bonds. The van der Waals surface area contributed by atoms with Gasteiger partial charge >= 0.3 is 0 Å². The Kier molecular flexibility index (Phi) is 12.8. The molecule has 0 N–H and O–H groups in total. The van der Waals surface area contributed by atoms with Crippen LogP contribution in [0.3, 0.4) is 0 Å². The first-order chi connectivity index (χ1) is 50.6. The van der Waals surface area contributed by atoms with Gasteiger partial charge in [-0.2, -0.15) is 19.9 Å². The summed E-state index contributed by atoms with van der Waals surface area (Å²) in [5.74, 6) is 3.46. The van der Waals surface area contributed by atoms with Crippen molar-refractivity contribution in [2.75, 3.05) is 0 Å². The van der Waals surface area contributed by atoms with E-state index in [0.717, 1.165) is 143 Å². The highest BCUT2D eigenvalue weighted by atomic mass is 15.2. The van der Waals surface area contributed by atoms with Gasteiger partial charge in [0.1, 0.15) is 0 Å². The molecule has 0 unspecified atom stereocenters. The second-order valence-electron chi connectivity index (χ2n) is 26.2. The first-order valence-electron chi connectivity index (χ1n) is 34.4. The van der Waals surface area contributed by atoms with E-state index >= 15 is 0 Å². The zero-order valence-electron chi connectivity index (χ0n) is 54.8. The number of hydrogen-bond donors (Lipinski definition) is 0. The van der Waals surface area contributed by atoms with E-state index in [0.29, 0.717) is 35.2 Å². The molecule has 0 bridgehead atoms. The van der Waals surface area contributed by atoms with E-state index in [1.165, 1.54) is 21.9 Å². The van der Waals surface area contributed by atoms with Crippen LogP contribution in [0.4, 0.5) is 0 Å². The number of fused-ring (bicyclic) bond motifs is 16. The Morgan fingerprint density at radius 2 is 0.539 bits per heavy atom. The Labute approximate surface area is 584 Å². The molecule has 21 aromatic rings. The Balaban J connectivity index is 0.690. The van der Waals surface area contributed by atoms with Crippen LogP contribution in [0.15, 0.2) is 340 Å². The smallest absolute Gasteiger partial charge is 0.238 e. The summed E-state index contributed by atoms with van der Waals surface area (Å²) in [6, 6.07) is 121. The first kappa shape index (κ1) is 57.1. The number of nitrogens with zero attached hydrogens (tertiary/aromatic N) is 10. The number of rotatable bonds is 10. The minimum Gasteiger partial charge on any atom is -0.309 e. The predicted octanol–water partition coefficient (Wildman–Crippen LogP) is 22.8. The molecule has 0 aliphatic heterocycles. The number of hydrogen-bond acceptors (Lipinski definition) is 6. The van der Waals surface area contributed by atoms with E-state index in [1.807, 2.05) is 18.2 Å². The number of benzene rings is 15. The summed E-state index contributed by atoms with van der Waals surface area (Å²) in [7, 11) is 0. The van der Waals surface area contributed by atoms with E-state index < -0.39 is 0 Å². The number of para-hydroxylation sites is 4. The zero-order valence-corrected chi connectivity index (χ0v) is 54.8. The molecule has 102 heavy (non-hydrogen) atoms. The summed E-state index contributed by atoms with van der Waals surface area (Å²) in [4.78, 5) is 32.2. The first-order valence-corrected chi connectivity index (χ1v) is 34.4. The standard InChI is InChI=1S/C92H56N10/c1-3-21-57(22-4-1)59-47-49-67(50-48-59)99-75-37-15-11-32-71(75)83-79(99)51-53-81-85(83)73-34-13-17-39-77(73)101(81)91-96-88(93-89(97-91)66-46-43-58-23-7-8-27-64(58)55-66)63-44-41-60(42-45-63)65-29-19-30-68(56-65)100-76-38-16-12-33-72(76)84-80(100)52-54-82-86(84)74-35-14-18-40-78(74)102(82)92-95-87(62-25-5-2-6-26-62)94-90(98-92)70-36-20-28-61-24-9-10-31-69(61)70/h1-56H. The zero-order chi connectivity index (χ0) is 66.9. The van der Waals surface area contributed by atoms with E-state index in [9.17, 15) is 0 Å². The highest BCUT2D eigenvalue weighted by Crippen LogP contribution is 2.46. The third-order valence-corrected chi connectivity index (χ3v) is 20.5. The third-order valence-electron chi connectivity index (χ3n) is 20.5. The predicted molar refractivity (Wildman–Crippen MR) is 418 cm³/mol. The average molecular weight is 1300 g/mol. The SMILES string of the molecule is c1ccc(-c2ccc(-n3c4ccccc4c4c5c6ccccc6n(-c6nc(-c7ccc(-c8cccc(-n9c%10ccccc%10c%10c%11c%12ccccc%12n(-c%12nc(-c%13ccccc%13)nc(-c%13cccc%14ccccc%13%14)n%12)c%11ccc%109)c8)cc7)nc(-c7ccc8ccccc8c7)n6)c5ccc43)cc2)cc1. The van der Waals surface area contributed by atoms with Gasteiger partial charge in [0, 0.05) is 76.7 Å². The average Bonchev–Trinajstić information content (AvgIpc) is 1.55. The van der Waals surface area contributed by atoms with Crippen LogP contribution >= 0.6 is 0 Å². The van der Waals surface area contributed by atoms with Crippen LogP contribution in [-0.4, -0.2) is 48.2 Å². The molecular formula is C92H56N10. The van der Waals surface area contributed by atoms with Gasteiger partial charge in [-0.1, -0.05) is 261 Å². The molecule has 15 aromatic carbocycles. The van der Waals surface area contributed by atoms with Crippen molar-refractivity contribution in [1.82, 2.24) is 48.2 Å². The lowest BCUT2D eigenvalue weighted by molar-refractivity contribution is 0.953. The largest absolute Gasteiger partial charge is 0.309 e. The van der Waals surface area contributed by atoms with Crippen molar-refractivity contribution >= 4 is 109 Å². The van der Waals surface area contributed by atoms with Crippen molar-refractivity contribution in [2.45, 2.75) is 0 Å². The fraction of sp³-hybridized carbons (Fsp3) is 0. The second-order valence-corrected chi connectivity index (χ2v) is 26.2. The lowest BCUT2D eigenvalue weighted by Crippen LogP contribution is -2.06. The van der Waals surface area contributed by atoms with Crippen molar-refractivity contribution in [3.05, 3.63) is 340 Å². The molecule has 474 valence electrons. The van der Waals surface area contributed by atoms with Gasteiger partial charge in [-0.15, -0.1) is 0 Å². The van der Waals surface area contributed by atoms with E-state index in [1.54, 1.807) is 0 Å². The molecule has 21 rings (SSSR count). The van der Waals surface area contributed by atoms with Crippen molar-refractivity contribution in [3.8, 4) is 91.1 Å². The summed E-state index contributed by atoms with van der Waals surface area (Å²) < 4.78 is 9.26. The van der Waals surface area contributed by atoms with Gasteiger partial charge in [-0.25, -0.2) is 9.97 Å². The summed E-state index contributed by atoms with van der Waals surface area (Å²) in [5, 5.41) is 13.6. The second kappa shape index (κ2) is 22.8. The third kappa shape index (κ3) is 8.99. The van der Waals surface area contributed by atoms with Gasteiger partial charge in [0.25, 0.3) is 0 Å². The molecule has 0 saturated carbocycles. The lowest BCUT2D eigenvalue weighted by Gasteiger charge is -2.13. The monoisotopic (exact) mass is 1300 g/mol. The maximum absolute atomic E-state index is 5.49. The van der Waals surface area contributed by atoms with Gasteiger partial charge in [0.2, 0.25) is 11.9 Å². The Morgan fingerprint density at radius 1 is 0.176 bits per heavy atom. The van der Waals surface area contributed by atoms with Crippen LogP contribution in [0, 0.1) is 0 Å². The molecule has 0 atom stereocenters. The van der Waals surface area contributed by atoms with Gasteiger partial charge in [0.15, 0.2) is 23.3 Å². The van der Waals surface area contributed by atoms with Crippen LogP contribution in [0.2, 0.25) is 0 Å². The van der Waals surface area contributed by atoms with Crippen LogP contribution < -0.4 is 0 Å². The Morgan fingerprint density at radius 3 is 1.12 bits per heavy atom. The normalized spacial score (nSPS) is 11.9. The minimum atomic E-state index is 0.535. The van der Waals surface area contributed by atoms with Crippen LogP contribution in [0.1, 0.15) is 0 Å². The Bertz CT molecular complexity index is 6980. The van der Waals surface area contributed by atoms with Crippen molar-refractivity contribution in [2.24, 2.45) is 0 Å². The quantitative estimate of drug-likeness (QED) is 0.135. The molecule has 10 heteroatoms. The molecule has 10 nitrogen and oxygen atoms in total. The molecule has 0 spiro atoms. The minimum absolute atomic E-state index is 0.535. The van der Waals surface area contributed by atoms with Gasteiger partial charge in [0.05, 0.1) is 44.1 Å². The molecule has 0 saturated heterocycles. The van der Waals surface area contributed by atoms with E-state index in [4.69, 9.17) is 29.9 Å². The lowest BCUT2D eigenvalue weighted by atomic mass is 10.0. The maximum atomic E-state index is 5.49. The molecule has 6 aromatic heterocycles.